The van der Waals surface area contributed by atoms with Crippen molar-refractivity contribution in [1.29, 1.82) is 0 Å². The zero-order valence-electron chi connectivity index (χ0n) is 13.4. The third kappa shape index (κ3) is 3.25. The molecule has 1 aliphatic heterocycles. The van der Waals surface area contributed by atoms with Crippen LogP contribution in [0, 0.1) is 0 Å². The fourth-order valence-corrected chi connectivity index (χ4v) is 2.79. The summed E-state index contributed by atoms with van der Waals surface area (Å²) in [6, 6.07) is 14.1. The third-order valence-corrected chi connectivity index (χ3v) is 4.17. The summed E-state index contributed by atoms with van der Waals surface area (Å²) in [5, 5.41) is 9.08. The quantitative estimate of drug-likeness (QED) is 0.917. The van der Waals surface area contributed by atoms with E-state index in [-0.39, 0.29) is 11.5 Å². The molecule has 0 spiro atoms. The van der Waals surface area contributed by atoms with Crippen molar-refractivity contribution in [3.63, 3.8) is 0 Å². The molecule has 0 bridgehead atoms. The first-order chi connectivity index (χ1) is 11.6. The van der Waals surface area contributed by atoms with E-state index < -0.39 is 12.1 Å². The second-order valence-electron chi connectivity index (χ2n) is 5.74. The van der Waals surface area contributed by atoms with Gasteiger partial charge in [0.05, 0.1) is 5.56 Å². The highest BCUT2D eigenvalue weighted by molar-refractivity contribution is 6.00. The van der Waals surface area contributed by atoms with Crippen molar-refractivity contribution in [1.82, 2.24) is 0 Å². The van der Waals surface area contributed by atoms with E-state index in [2.05, 4.69) is 6.92 Å². The van der Waals surface area contributed by atoms with E-state index in [0.717, 1.165) is 6.42 Å². The van der Waals surface area contributed by atoms with Gasteiger partial charge in [-0.25, -0.2) is 4.79 Å². The highest BCUT2D eigenvalue weighted by atomic mass is 16.5. The number of carbonyl (C=O) groups excluding carboxylic acids is 1. The summed E-state index contributed by atoms with van der Waals surface area (Å²) >= 11 is 0. The van der Waals surface area contributed by atoms with Gasteiger partial charge in [0.1, 0.15) is 5.75 Å². The number of hydrogen-bond donors (Lipinski definition) is 1. The molecular formula is C19H19NO4. The van der Waals surface area contributed by atoms with Gasteiger partial charge in [-0.05, 0) is 42.3 Å². The fourth-order valence-electron chi connectivity index (χ4n) is 2.79. The van der Waals surface area contributed by atoms with E-state index in [9.17, 15) is 9.59 Å². The van der Waals surface area contributed by atoms with Gasteiger partial charge in [0.25, 0.3) is 5.91 Å². The average Bonchev–Trinajstić information content (AvgIpc) is 2.96. The minimum atomic E-state index is -1.01. The van der Waals surface area contributed by atoms with Crippen LogP contribution < -0.4 is 9.64 Å². The maximum Gasteiger partial charge on any atom is 0.335 e. The van der Waals surface area contributed by atoms with Gasteiger partial charge in [0.15, 0.2) is 6.10 Å². The molecule has 24 heavy (non-hydrogen) atoms. The predicted molar refractivity (Wildman–Crippen MR) is 90.6 cm³/mol. The van der Waals surface area contributed by atoms with Gasteiger partial charge in [0, 0.05) is 18.7 Å². The molecule has 5 heteroatoms. The van der Waals surface area contributed by atoms with Crippen molar-refractivity contribution in [2.45, 2.75) is 25.9 Å². The Morgan fingerprint density at radius 3 is 2.67 bits per heavy atom. The number of carbonyl (C=O) groups is 2. The van der Waals surface area contributed by atoms with Crippen molar-refractivity contribution in [3.05, 3.63) is 59.7 Å². The summed E-state index contributed by atoms with van der Waals surface area (Å²) in [5.74, 6) is -0.476. The summed E-state index contributed by atoms with van der Waals surface area (Å²) in [6.45, 7) is 2.60. The zero-order chi connectivity index (χ0) is 17.1. The van der Waals surface area contributed by atoms with Gasteiger partial charge in [-0.15, -0.1) is 0 Å². The highest BCUT2D eigenvalue weighted by Crippen LogP contribution is 2.26. The first-order valence-electron chi connectivity index (χ1n) is 7.99. The molecule has 0 radical (unpaired) electrons. The van der Waals surface area contributed by atoms with E-state index in [1.807, 2.05) is 24.3 Å². The van der Waals surface area contributed by atoms with E-state index in [4.69, 9.17) is 9.84 Å². The van der Waals surface area contributed by atoms with Crippen molar-refractivity contribution in [2.75, 3.05) is 11.4 Å². The Bertz CT molecular complexity index is 754. The van der Waals surface area contributed by atoms with Crippen LogP contribution in [0.2, 0.25) is 0 Å². The molecule has 1 unspecified atom stereocenters. The number of rotatable bonds is 5. The van der Waals surface area contributed by atoms with Crippen LogP contribution in [0.4, 0.5) is 5.69 Å². The summed E-state index contributed by atoms with van der Waals surface area (Å²) in [7, 11) is 0. The first-order valence-corrected chi connectivity index (χ1v) is 7.99. The number of ether oxygens (including phenoxy) is 1. The molecule has 1 N–H and O–H groups in total. The second-order valence-corrected chi connectivity index (χ2v) is 5.74. The van der Waals surface area contributed by atoms with Gasteiger partial charge in [-0.1, -0.05) is 25.1 Å². The Labute approximate surface area is 140 Å². The molecule has 1 saturated heterocycles. The van der Waals surface area contributed by atoms with Crippen LogP contribution in [0.15, 0.2) is 48.5 Å². The van der Waals surface area contributed by atoms with Gasteiger partial charge in [0.2, 0.25) is 0 Å². The number of carboxylic acid groups (broad SMARTS) is 1. The van der Waals surface area contributed by atoms with Crippen LogP contribution in [-0.2, 0) is 11.2 Å². The summed E-state index contributed by atoms with van der Waals surface area (Å²) in [5.41, 5.74) is 1.97. The number of carboxylic acids is 1. The maximum absolute atomic E-state index is 12.6. The Kier molecular flexibility index (Phi) is 4.51. The lowest BCUT2D eigenvalue weighted by Crippen LogP contribution is -2.32. The van der Waals surface area contributed by atoms with E-state index >= 15 is 0 Å². The molecule has 1 heterocycles. The van der Waals surface area contributed by atoms with Crippen LogP contribution in [0.3, 0.4) is 0 Å². The minimum Gasteiger partial charge on any atom is -0.481 e. The Morgan fingerprint density at radius 2 is 2.00 bits per heavy atom. The molecule has 1 atom stereocenters. The number of aryl methyl sites for hydroxylation is 1. The first kappa shape index (κ1) is 16.1. The van der Waals surface area contributed by atoms with Gasteiger partial charge >= 0.3 is 5.97 Å². The zero-order valence-corrected chi connectivity index (χ0v) is 13.4. The van der Waals surface area contributed by atoms with Crippen molar-refractivity contribution >= 4 is 17.6 Å². The van der Waals surface area contributed by atoms with Crippen LogP contribution in [0.5, 0.6) is 5.75 Å². The Hall–Kier alpha value is -2.82. The standard InChI is InChI=1S/C19H19NO4/c1-2-13-6-8-16(9-7-13)24-17-10-11-20(18(17)21)15-5-3-4-14(12-15)19(22)23/h3-9,12,17H,2,10-11H2,1H3,(H,22,23). The van der Waals surface area contributed by atoms with Crippen LogP contribution in [-0.4, -0.2) is 29.6 Å². The normalized spacial score (nSPS) is 17.1. The average molecular weight is 325 g/mol. The Morgan fingerprint density at radius 1 is 1.25 bits per heavy atom. The molecule has 0 saturated carbocycles. The number of aromatic carboxylic acids is 1. The summed E-state index contributed by atoms with van der Waals surface area (Å²) in [6.07, 6.45) is 0.994. The molecule has 2 aromatic carbocycles. The second kappa shape index (κ2) is 6.74. The monoisotopic (exact) mass is 325 g/mol. The molecule has 1 aliphatic rings. The largest absolute Gasteiger partial charge is 0.481 e. The molecule has 2 aromatic rings. The van der Waals surface area contributed by atoms with Crippen LogP contribution in [0.25, 0.3) is 0 Å². The molecule has 0 aromatic heterocycles. The fraction of sp³-hybridized carbons (Fsp3) is 0.263. The lowest BCUT2D eigenvalue weighted by Gasteiger charge is -2.17. The lowest BCUT2D eigenvalue weighted by atomic mass is 10.2. The molecule has 5 nitrogen and oxygen atoms in total. The van der Waals surface area contributed by atoms with E-state index in [1.54, 1.807) is 17.0 Å². The van der Waals surface area contributed by atoms with Crippen molar-refractivity contribution in [2.24, 2.45) is 0 Å². The SMILES string of the molecule is CCc1ccc(OC2CCN(c3cccc(C(=O)O)c3)C2=O)cc1. The predicted octanol–water partition coefficient (Wildman–Crippen LogP) is 3.13. The van der Waals surface area contributed by atoms with Gasteiger partial charge in [-0.3, -0.25) is 4.79 Å². The molecule has 3 rings (SSSR count). The summed E-state index contributed by atoms with van der Waals surface area (Å²) < 4.78 is 5.81. The lowest BCUT2D eigenvalue weighted by molar-refractivity contribution is -0.122. The topological polar surface area (TPSA) is 66.8 Å². The highest BCUT2D eigenvalue weighted by Gasteiger charge is 2.34. The Balaban J connectivity index is 1.72. The number of benzene rings is 2. The number of anilines is 1. The number of amides is 1. The van der Waals surface area contributed by atoms with Crippen LogP contribution >= 0.6 is 0 Å². The molecule has 0 aliphatic carbocycles. The molecule has 1 amide bonds. The molecule has 124 valence electrons. The van der Waals surface area contributed by atoms with E-state index in [0.29, 0.717) is 24.4 Å². The molecular weight excluding hydrogens is 306 g/mol. The number of hydrogen-bond acceptors (Lipinski definition) is 3. The van der Waals surface area contributed by atoms with Gasteiger partial charge in [-0.2, -0.15) is 0 Å². The smallest absolute Gasteiger partial charge is 0.335 e. The molecule has 1 fully saturated rings. The van der Waals surface area contributed by atoms with Crippen LogP contribution in [0.1, 0.15) is 29.3 Å². The van der Waals surface area contributed by atoms with Crippen molar-refractivity contribution < 1.29 is 19.4 Å². The van der Waals surface area contributed by atoms with Gasteiger partial charge < -0.3 is 14.7 Å². The van der Waals surface area contributed by atoms with E-state index in [1.165, 1.54) is 17.7 Å². The maximum atomic E-state index is 12.6. The minimum absolute atomic E-state index is 0.142. The third-order valence-electron chi connectivity index (χ3n) is 4.17. The van der Waals surface area contributed by atoms with Crippen molar-refractivity contribution in [3.8, 4) is 5.75 Å². The number of nitrogens with zero attached hydrogens (tertiary/aromatic N) is 1. The summed E-state index contributed by atoms with van der Waals surface area (Å²) in [4.78, 5) is 25.2.